The Hall–Kier alpha value is -2.83. The van der Waals surface area contributed by atoms with Gasteiger partial charge in [0, 0.05) is 11.3 Å². The molecule has 0 saturated heterocycles. The Balaban J connectivity index is 1.45. The second kappa shape index (κ2) is 11.3. The third-order valence-corrected chi connectivity index (χ3v) is 7.57. The van der Waals surface area contributed by atoms with Crippen molar-refractivity contribution in [3.8, 4) is 5.75 Å². The van der Waals surface area contributed by atoms with Gasteiger partial charge >= 0.3 is 0 Å². The summed E-state index contributed by atoms with van der Waals surface area (Å²) in [6, 6.07) is 24.5. The van der Waals surface area contributed by atoms with Gasteiger partial charge < -0.3 is 4.74 Å². The second-order valence-electron chi connectivity index (χ2n) is 7.75. The zero-order valence-electron chi connectivity index (χ0n) is 19.0. The molecule has 0 fully saturated rings. The Bertz CT molecular complexity index is 1190. The van der Waals surface area contributed by atoms with Gasteiger partial charge in [0.25, 0.3) is 0 Å². The lowest BCUT2D eigenvalue weighted by Crippen LogP contribution is -2.30. The number of carbonyl (C=O) groups is 1. The fourth-order valence-corrected chi connectivity index (χ4v) is 5.44. The summed E-state index contributed by atoms with van der Waals surface area (Å²) in [5.74, 6) is 1.86. The number of aryl methyl sites for hydroxylation is 1. The Morgan fingerprint density at radius 2 is 1.82 bits per heavy atom. The van der Waals surface area contributed by atoms with Crippen LogP contribution in [-0.2, 0) is 17.8 Å². The van der Waals surface area contributed by atoms with Gasteiger partial charge in [0.1, 0.15) is 5.75 Å². The van der Waals surface area contributed by atoms with Crippen LogP contribution in [-0.4, -0.2) is 23.8 Å². The van der Waals surface area contributed by atoms with Gasteiger partial charge in [0.05, 0.1) is 23.9 Å². The van der Waals surface area contributed by atoms with Crippen molar-refractivity contribution in [3.63, 3.8) is 0 Å². The van der Waals surface area contributed by atoms with Crippen molar-refractivity contribution >= 4 is 44.4 Å². The van der Waals surface area contributed by atoms with Crippen LogP contribution < -0.4 is 9.64 Å². The molecule has 1 aromatic heterocycles. The largest absolute Gasteiger partial charge is 0.497 e. The zero-order valence-corrected chi connectivity index (χ0v) is 20.6. The van der Waals surface area contributed by atoms with Gasteiger partial charge in [-0.3, -0.25) is 9.69 Å². The molecule has 170 valence electrons. The number of hydrogen-bond acceptors (Lipinski definition) is 5. The molecule has 4 rings (SSSR count). The highest BCUT2D eigenvalue weighted by Gasteiger charge is 2.20. The highest BCUT2D eigenvalue weighted by Crippen LogP contribution is 2.31. The maximum Gasteiger partial charge on any atom is 0.229 e. The first kappa shape index (κ1) is 23.3. The lowest BCUT2D eigenvalue weighted by molar-refractivity contribution is -0.118. The Kier molecular flexibility index (Phi) is 8.02. The molecule has 0 saturated carbocycles. The zero-order chi connectivity index (χ0) is 23.0. The van der Waals surface area contributed by atoms with E-state index in [9.17, 15) is 4.79 Å². The predicted molar refractivity (Wildman–Crippen MR) is 140 cm³/mol. The van der Waals surface area contributed by atoms with Crippen molar-refractivity contribution < 1.29 is 9.53 Å². The molecule has 3 aromatic carbocycles. The van der Waals surface area contributed by atoms with Crippen LogP contribution in [0.2, 0.25) is 0 Å². The number of anilines is 1. The van der Waals surface area contributed by atoms with Gasteiger partial charge in [-0.05, 0) is 66.1 Å². The number of ether oxygens (including phenoxy) is 1. The van der Waals surface area contributed by atoms with Crippen LogP contribution in [0.15, 0.2) is 77.7 Å². The first-order valence-corrected chi connectivity index (χ1v) is 13.0. The summed E-state index contributed by atoms with van der Waals surface area (Å²) in [7, 11) is 1.67. The molecule has 6 heteroatoms. The van der Waals surface area contributed by atoms with Crippen LogP contribution in [0, 0.1) is 0 Å². The molecule has 4 aromatic rings. The summed E-state index contributed by atoms with van der Waals surface area (Å²) in [5, 5.41) is 0.773. The molecule has 1 amide bonds. The normalized spacial score (nSPS) is 11.0. The third-order valence-electron chi connectivity index (χ3n) is 5.43. The number of thioether (sulfide) groups is 1. The van der Waals surface area contributed by atoms with E-state index in [1.807, 2.05) is 35.2 Å². The number of nitrogens with zero attached hydrogens (tertiary/aromatic N) is 2. The smallest absolute Gasteiger partial charge is 0.229 e. The molecule has 0 aliphatic rings. The topological polar surface area (TPSA) is 42.4 Å². The number of aromatic nitrogens is 1. The van der Waals surface area contributed by atoms with Gasteiger partial charge in [-0.15, -0.1) is 11.8 Å². The van der Waals surface area contributed by atoms with Crippen LogP contribution in [0.5, 0.6) is 5.75 Å². The summed E-state index contributed by atoms with van der Waals surface area (Å²) >= 11 is 3.36. The van der Waals surface area contributed by atoms with Crippen molar-refractivity contribution in [2.75, 3.05) is 17.8 Å². The SMILES string of the molecule is CCc1ccc2nc(N(Cc3ccccc3)C(=O)CCCSc3ccc(OC)cc3)sc2c1. The van der Waals surface area contributed by atoms with E-state index in [1.165, 1.54) is 10.5 Å². The standard InChI is InChI=1S/C27H28N2O2S2/c1-3-20-11-16-24-25(18-20)33-27(28-24)29(19-21-8-5-4-6-9-21)26(30)10-7-17-32-23-14-12-22(31-2)13-15-23/h4-6,8-9,11-16,18H,3,7,10,17,19H2,1-2H3. The summed E-state index contributed by atoms with van der Waals surface area (Å²) in [6.07, 6.45) is 2.29. The summed E-state index contributed by atoms with van der Waals surface area (Å²) < 4.78 is 6.34. The van der Waals surface area contributed by atoms with Gasteiger partial charge in [0.15, 0.2) is 5.13 Å². The van der Waals surface area contributed by atoms with Gasteiger partial charge in [-0.2, -0.15) is 0 Å². The average Bonchev–Trinajstić information content (AvgIpc) is 3.29. The molecule has 0 aliphatic heterocycles. The maximum absolute atomic E-state index is 13.3. The highest BCUT2D eigenvalue weighted by molar-refractivity contribution is 7.99. The number of hydrogen-bond donors (Lipinski definition) is 0. The minimum absolute atomic E-state index is 0.115. The van der Waals surface area contributed by atoms with Crippen molar-refractivity contribution in [2.45, 2.75) is 37.6 Å². The molecule has 0 N–H and O–H groups in total. The fraction of sp³-hybridized carbons (Fsp3) is 0.259. The van der Waals surface area contributed by atoms with Gasteiger partial charge in [0.2, 0.25) is 5.91 Å². The number of thiazole rings is 1. The van der Waals surface area contributed by atoms with Gasteiger partial charge in [-0.25, -0.2) is 4.98 Å². The number of benzene rings is 3. The Labute approximate surface area is 203 Å². The lowest BCUT2D eigenvalue weighted by atomic mass is 10.2. The molecular formula is C27H28N2O2S2. The monoisotopic (exact) mass is 476 g/mol. The van der Waals surface area contributed by atoms with Crippen molar-refractivity contribution in [3.05, 3.63) is 83.9 Å². The van der Waals surface area contributed by atoms with E-state index in [2.05, 4.69) is 49.4 Å². The predicted octanol–water partition coefficient (Wildman–Crippen LogP) is 6.97. The maximum atomic E-state index is 13.3. The van der Waals surface area contributed by atoms with Crippen molar-refractivity contribution in [1.29, 1.82) is 0 Å². The summed E-state index contributed by atoms with van der Waals surface area (Å²) in [4.78, 5) is 21.1. The summed E-state index contributed by atoms with van der Waals surface area (Å²) in [6.45, 7) is 2.68. The average molecular weight is 477 g/mol. The number of rotatable bonds is 10. The Morgan fingerprint density at radius 3 is 2.55 bits per heavy atom. The molecule has 0 aliphatic carbocycles. The molecule has 1 heterocycles. The summed E-state index contributed by atoms with van der Waals surface area (Å²) in [5.41, 5.74) is 3.34. The number of fused-ring (bicyclic) bond motifs is 1. The highest BCUT2D eigenvalue weighted by atomic mass is 32.2. The second-order valence-corrected chi connectivity index (χ2v) is 9.92. The first-order chi connectivity index (χ1) is 16.2. The van der Waals surface area contributed by atoms with Crippen LogP contribution in [0.3, 0.4) is 0 Å². The number of amides is 1. The molecule has 0 unspecified atom stereocenters. The van der Waals surface area contributed by atoms with E-state index >= 15 is 0 Å². The van der Waals surface area contributed by atoms with Gasteiger partial charge in [-0.1, -0.05) is 54.7 Å². The van der Waals surface area contributed by atoms with Crippen LogP contribution >= 0.6 is 23.1 Å². The molecule has 33 heavy (non-hydrogen) atoms. The molecule has 0 spiro atoms. The quantitative estimate of drug-likeness (QED) is 0.183. The van der Waals surface area contributed by atoms with E-state index in [1.54, 1.807) is 30.2 Å². The minimum atomic E-state index is 0.115. The van der Waals surface area contributed by atoms with Crippen LogP contribution in [0.1, 0.15) is 30.9 Å². The lowest BCUT2D eigenvalue weighted by Gasteiger charge is -2.20. The van der Waals surface area contributed by atoms with E-state index < -0.39 is 0 Å². The fourth-order valence-electron chi connectivity index (χ4n) is 3.54. The van der Waals surface area contributed by atoms with E-state index in [4.69, 9.17) is 9.72 Å². The van der Waals surface area contributed by atoms with E-state index in [0.717, 1.165) is 45.3 Å². The van der Waals surface area contributed by atoms with Crippen LogP contribution in [0.4, 0.5) is 5.13 Å². The Morgan fingerprint density at radius 1 is 1.03 bits per heavy atom. The molecule has 0 atom stereocenters. The molecule has 0 radical (unpaired) electrons. The van der Waals surface area contributed by atoms with Crippen molar-refractivity contribution in [2.24, 2.45) is 0 Å². The number of methoxy groups -OCH3 is 1. The van der Waals surface area contributed by atoms with Crippen molar-refractivity contribution in [1.82, 2.24) is 4.98 Å². The molecule has 0 bridgehead atoms. The van der Waals surface area contributed by atoms with E-state index in [-0.39, 0.29) is 5.91 Å². The number of carbonyl (C=O) groups excluding carboxylic acids is 1. The molecular weight excluding hydrogens is 448 g/mol. The van der Waals surface area contributed by atoms with Crippen LogP contribution in [0.25, 0.3) is 10.2 Å². The van der Waals surface area contributed by atoms with E-state index in [0.29, 0.717) is 13.0 Å². The third kappa shape index (κ3) is 6.15. The first-order valence-electron chi connectivity index (χ1n) is 11.2. The molecule has 4 nitrogen and oxygen atoms in total. The minimum Gasteiger partial charge on any atom is -0.497 e.